The summed E-state index contributed by atoms with van der Waals surface area (Å²) in [5.74, 6) is 0.264. The molecule has 1 aromatic heterocycles. The SMILES string of the molecule is CCn1cccccc(C)oc1=O. The average molecular weight is 179 g/mol. The fourth-order valence-corrected chi connectivity index (χ4v) is 0.935. The topological polar surface area (TPSA) is 35.1 Å². The number of hydrogen-bond donors (Lipinski definition) is 0. The third-order valence-corrected chi connectivity index (χ3v) is 1.64. The Morgan fingerprint density at radius 1 is 1.38 bits per heavy atom. The molecular formula is C10H13NO2. The first kappa shape index (κ1) is 9.58. The predicted molar refractivity (Wildman–Crippen MR) is 51.0 cm³/mol. The van der Waals surface area contributed by atoms with Gasteiger partial charge in [0.15, 0.2) is 0 Å². The molecule has 0 radical (unpaired) electrons. The van der Waals surface area contributed by atoms with Gasteiger partial charge in [-0.25, -0.2) is 4.79 Å². The van der Waals surface area contributed by atoms with E-state index in [1.54, 1.807) is 25.3 Å². The Kier molecular flexibility index (Phi) is 3.31. The lowest BCUT2D eigenvalue weighted by Gasteiger charge is -1.93. The molecule has 0 fully saturated rings. The summed E-state index contributed by atoms with van der Waals surface area (Å²) in [5, 5.41) is 0. The molecule has 0 aliphatic heterocycles. The molecule has 1 heterocycles. The van der Waals surface area contributed by atoms with Gasteiger partial charge in [0, 0.05) is 12.7 Å². The molecule has 0 aliphatic carbocycles. The van der Waals surface area contributed by atoms with Crippen LogP contribution in [0.25, 0.3) is 0 Å². The maximum atomic E-state index is 11.3. The van der Waals surface area contributed by atoms with Crippen molar-refractivity contribution in [2.75, 3.05) is 0 Å². The van der Waals surface area contributed by atoms with Gasteiger partial charge in [0.05, 0.1) is 0 Å². The Morgan fingerprint density at radius 3 is 2.85 bits per heavy atom. The summed E-state index contributed by atoms with van der Waals surface area (Å²) in [7, 11) is 0. The summed E-state index contributed by atoms with van der Waals surface area (Å²) in [5.41, 5.74) is 0. The lowest BCUT2D eigenvalue weighted by Crippen LogP contribution is -2.15. The summed E-state index contributed by atoms with van der Waals surface area (Å²) < 4.78 is 6.53. The molecule has 0 aromatic carbocycles. The second kappa shape index (κ2) is 4.50. The second-order valence-corrected chi connectivity index (χ2v) is 2.66. The van der Waals surface area contributed by atoms with Crippen LogP contribution < -0.4 is 5.76 Å². The molecule has 0 saturated heterocycles. The molecule has 13 heavy (non-hydrogen) atoms. The highest BCUT2D eigenvalue weighted by Gasteiger charge is 1.88. The maximum absolute atomic E-state index is 11.3. The van der Waals surface area contributed by atoms with Crippen molar-refractivity contribution in [2.24, 2.45) is 0 Å². The van der Waals surface area contributed by atoms with Gasteiger partial charge in [0.1, 0.15) is 5.76 Å². The largest absolute Gasteiger partial charge is 0.418 e. The number of aryl methyl sites for hydroxylation is 2. The zero-order chi connectivity index (χ0) is 9.68. The molecule has 0 atom stereocenters. The van der Waals surface area contributed by atoms with Crippen LogP contribution in [-0.4, -0.2) is 4.57 Å². The van der Waals surface area contributed by atoms with E-state index in [9.17, 15) is 4.79 Å². The zero-order valence-corrected chi connectivity index (χ0v) is 7.86. The first-order valence-electron chi connectivity index (χ1n) is 4.24. The molecule has 70 valence electrons. The minimum absolute atomic E-state index is 0.337. The fraction of sp³-hybridized carbons (Fsp3) is 0.300. The zero-order valence-electron chi connectivity index (χ0n) is 7.86. The van der Waals surface area contributed by atoms with Crippen molar-refractivity contribution in [3.05, 3.63) is 46.8 Å². The van der Waals surface area contributed by atoms with E-state index < -0.39 is 0 Å². The third kappa shape index (κ3) is 2.78. The van der Waals surface area contributed by atoms with Crippen molar-refractivity contribution in [1.82, 2.24) is 4.57 Å². The summed E-state index contributed by atoms with van der Waals surface area (Å²) in [6.45, 7) is 4.25. The minimum atomic E-state index is -0.337. The fourth-order valence-electron chi connectivity index (χ4n) is 0.935. The van der Waals surface area contributed by atoms with Crippen LogP contribution in [0.1, 0.15) is 12.7 Å². The maximum Gasteiger partial charge on any atom is 0.418 e. The Morgan fingerprint density at radius 2 is 2.15 bits per heavy atom. The normalized spacial score (nSPS) is 9.38. The van der Waals surface area contributed by atoms with E-state index in [0.717, 1.165) is 0 Å². The Balaban J connectivity index is 3.45. The van der Waals surface area contributed by atoms with E-state index in [4.69, 9.17) is 4.42 Å². The van der Waals surface area contributed by atoms with Crippen molar-refractivity contribution >= 4 is 0 Å². The van der Waals surface area contributed by atoms with Crippen LogP contribution in [0.3, 0.4) is 0 Å². The van der Waals surface area contributed by atoms with Gasteiger partial charge >= 0.3 is 5.76 Å². The quantitative estimate of drug-likeness (QED) is 0.660. The molecule has 3 nitrogen and oxygen atoms in total. The summed E-state index contributed by atoms with van der Waals surface area (Å²) >= 11 is 0. The van der Waals surface area contributed by atoms with Crippen LogP contribution in [0, 0.1) is 6.92 Å². The van der Waals surface area contributed by atoms with Crippen molar-refractivity contribution in [3.63, 3.8) is 0 Å². The van der Waals surface area contributed by atoms with Crippen molar-refractivity contribution in [1.29, 1.82) is 0 Å². The Labute approximate surface area is 77.0 Å². The molecule has 1 rings (SSSR count). The van der Waals surface area contributed by atoms with Crippen LogP contribution in [-0.2, 0) is 6.54 Å². The average Bonchev–Trinajstić information content (AvgIpc) is 2.16. The van der Waals surface area contributed by atoms with E-state index in [-0.39, 0.29) is 5.76 Å². The Hall–Kier alpha value is -1.51. The lowest BCUT2D eigenvalue weighted by atomic mass is 10.4. The van der Waals surface area contributed by atoms with E-state index in [1.807, 2.05) is 19.1 Å². The molecule has 0 N–H and O–H groups in total. The Bertz CT molecular complexity index is 375. The monoisotopic (exact) mass is 179 g/mol. The van der Waals surface area contributed by atoms with Gasteiger partial charge < -0.3 is 4.42 Å². The van der Waals surface area contributed by atoms with E-state index in [2.05, 4.69) is 0 Å². The molecule has 0 aliphatic rings. The third-order valence-electron chi connectivity index (χ3n) is 1.64. The number of rotatable bonds is 1. The molecular weight excluding hydrogens is 166 g/mol. The van der Waals surface area contributed by atoms with Gasteiger partial charge in [-0.15, -0.1) is 0 Å². The summed E-state index contributed by atoms with van der Waals surface area (Å²) in [6.07, 6.45) is 1.70. The van der Waals surface area contributed by atoms with Gasteiger partial charge in [0.25, 0.3) is 0 Å². The van der Waals surface area contributed by atoms with Crippen molar-refractivity contribution in [2.45, 2.75) is 20.4 Å². The van der Waals surface area contributed by atoms with Gasteiger partial charge in [-0.3, -0.25) is 4.57 Å². The molecule has 1 aromatic rings. The standard InChI is InChI=1S/C10H13NO2/c1-3-11-8-6-4-5-7-9(2)13-10(11)12/h4-8H,3H2,1-2H3. The van der Waals surface area contributed by atoms with Gasteiger partial charge in [0.2, 0.25) is 0 Å². The van der Waals surface area contributed by atoms with Crippen molar-refractivity contribution in [3.8, 4) is 0 Å². The van der Waals surface area contributed by atoms with Gasteiger partial charge in [-0.2, -0.15) is 0 Å². The molecule has 0 spiro atoms. The lowest BCUT2D eigenvalue weighted by molar-refractivity contribution is 0.424. The summed E-state index contributed by atoms with van der Waals surface area (Å²) in [6, 6.07) is 7.24. The van der Waals surface area contributed by atoms with E-state index >= 15 is 0 Å². The number of hydrogen-bond acceptors (Lipinski definition) is 2. The second-order valence-electron chi connectivity index (χ2n) is 2.66. The predicted octanol–water partition coefficient (Wildman–Crippen LogP) is 1.89. The highest BCUT2D eigenvalue weighted by atomic mass is 16.4. The van der Waals surface area contributed by atoms with Crippen LogP contribution in [0.4, 0.5) is 0 Å². The van der Waals surface area contributed by atoms with Crippen LogP contribution in [0.15, 0.2) is 39.7 Å². The minimum Gasteiger partial charge on any atom is -0.415 e. The van der Waals surface area contributed by atoms with Crippen LogP contribution >= 0.6 is 0 Å². The highest BCUT2D eigenvalue weighted by Crippen LogP contribution is 1.87. The first-order valence-corrected chi connectivity index (χ1v) is 4.24. The van der Waals surface area contributed by atoms with E-state index in [0.29, 0.717) is 12.3 Å². The van der Waals surface area contributed by atoms with Crippen LogP contribution in [0.5, 0.6) is 0 Å². The molecule has 0 bridgehead atoms. The van der Waals surface area contributed by atoms with E-state index in [1.165, 1.54) is 4.57 Å². The molecule has 0 saturated carbocycles. The number of nitrogens with zero attached hydrogens (tertiary/aromatic N) is 1. The van der Waals surface area contributed by atoms with Crippen molar-refractivity contribution < 1.29 is 4.42 Å². The number of aromatic nitrogens is 1. The molecule has 0 amide bonds. The molecule has 3 heteroatoms. The first-order chi connectivity index (χ1) is 6.24. The smallest absolute Gasteiger partial charge is 0.415 e. The highest BCUT2D eigenvalue weighted by molar-refractivity contribution is 4.95. The molecule has 0 unspecified atom stereocenters. The summed E-state index contributed by atoms with van der Waals surface area (Å²) in [4.78, 5) is 11.3. The van der Waals surface area contributed by atoms with Gasteiger partial charge in [-0.1, -0.05) is 12.1 Å². The van der Waals surface area contributed by atoms with Crippen LogP contribution in [0.2, 0.25) is 0 Å². The van der Waals surface area contributed by atoms with Gasteiger partial charge in [-0.05, 0) is 26.0 Å².